The van der Waals surface area contributed by atoms with E-state index < -0.39 is 10.8 Å². The van der Waals surface area contributed by atoms with Crippen molar-refractivity contribution in [3.63, 3.8) is 0 Å². The van der Waals surface area contributed by atoms with Crippen molar-refractivity contribution in [2.75, 3.05) is 11.1 Å². The number of benzene rings is 2. The number of anilines is 2. The van der Waals surface area contributed by atoms with Gasteiger partial charge < -0.3 is 15.5 Å². The number of para-hydroxylation sites is 2. The lowest BCUT2D eigenvalue weighted by Gasteiger charge is -2.10. The maximum Gasteiger partial charge on any atom is 0.293 e. The molecular weight excluding hydrogens is 368 g/mol. The molecule has 0 saturated heterocycles. The largest absolute Gasteiger partial charge is 0.451 e. The van der Waals surface area contributed by atoms with Crippen molar-refractivity contribution < 1.29 is 14.1 Å². The Kier molecular flexibility index (Phi) is 5.13. The van der Waals surface area contributed by atoms with Crippen molar-refractivity contribution in [1.29, 1.82) is 0 Å². The fourth-order valence-electron chi connectivity index (χ4n) is 2.29. The SMILES string of the molecule is Nc1ccccc1NC(=S)NC(=O)c1ccc(-c2ccc([N+](=O)[O-])cc2)o1. The van der Waals surface area contributed by atoms with Crippen molar-refractivity contribution in [2.24, 2.45) is 0 Å². The molecule has 0 aliphatic carbocycles. The quantitative estimate of drug-likeness (QED) is 0.273. The van der Waals surface area contributed by atoms with Gasteiger partial charge in [0.2, 0.25) is 0 Å². The van der Waals surface area contributed by atoms with Crippen LogP contribution in [0.25, 0.3) is 11.3 Å². The minimum Gasteiger partial charge on any atom is -0.451 e. The van der Waals surface area contributed by atoms with Crippen LogP contribution in [0, 0.1) is 10.1 Å². The molecule has 0 fully saturated rings. The van der Waals surface area contributed by atoms with Crippen LogP contribution in [-0.4, -0.2) is 15.9 Å². The fourth-order valence-corrected chi connectivity index (χ4v) is 2.49. The highest BCUT2D eigenvalue weighted by Crippen LogP contribution is 2.24. The summed E-state index contributed by atoms with van der Waals surface area (Å²) in [7, 11) is 0. The first-order valence-corrected chi connectivity index (χ1v) is 8.16. The van der Waals surface area contributed by atoms with E-state index in [9.17, 15) is 14.9 Å². The Morgan fingerprint density at radius 2 is 1.78 bits per heavy atom. The highest BCUT2D eigenvalue weighted by Gasteiger charge is 2.15. The third-order valence-electron chi connectivity index (χ3n) is 3.63. The van der Waals surface area contributed by atoms with Gasteiger partial charge in [0.25, 0.3) is 11.6 Å². The Labute approximate surface area is 159 Å². The summed E-state index contributed by atoms with van der Waals surface area (Å²) in [6.45, 7) is 0. The highest BCUT2D eigenvalue weighted by atomic mass is 32.1. The number of nitro groups is 1. The van der Waals surface area contributed by atoms with Crippen LogP contribution in [0.5, 0.6) is 0 Å². The van der Waals surface area contributed by atoms with Crippen LogP contribution in [0.15, 0.2) is 65.1 Å². The number of carbonyl (C=O) groups excluding carboxylic acids is 1. The summed E-state index contributed by atoms with van der Waals surface area (Å²) in [6.07, 6.45) is 0. The van der Waals surface area contributed by atoms with E-state index in [1.54, 1.807) is 42.5 Å². The summed E-state index contributed by atoms with van der Waals surface area (Å²) in [6, 6.07) is 15.9. The van der Waals surface area contributed by atoms with Crippen LogP contribution in [0.4, 0.5) is 17.1 Å². The van der Waals surface area contributed by atoms with Crippen LogP contribution in [0.2, 0.25) is 0 Å². The Bertz CT molecular complexity index is 1010. The first-order chi connectivity index (χ1) is 12.9. The minimum atomic E-state index is -0.532. The van der Waals surface area contributed by atoms with Gasteiger partial charge in [-0.1, -0.05) is 12.1 Å². The average Bonchev–Trinajstić information content (AvgIpc) is 3.14. The van der Waals surface area contributed by atoms with Crippen molar-refractivity contribution in [1.82, 2.24) is 5.32 Å². The summed E-state index contributed by atoms with van der Waals surface area (Å²) in [4.78, 5) is 22.5. The number of rotatable bonds is 4. The summed E-state index contributed by atoms with van der Waals surface area (Å²) >= 11 is 5.11. The molecule has 3 aromatic rings. The molecule has 0 aliphatic rings. The fraction of sp³-hybridized carbons (Fsp3) is 0. The predicted molar refractivity (Wildman–Crippen MR) is 105 cm³/mol. The number of thiocarbonyl (C=S) groups is 1. The van der Waals surface area contributed by atoms with Crippen LogP contribution in [0.1, 0.15) is 10.6 Å². The van der Waals surface area contributed by atoms with E-state index in [0.29, 0.717) is 22.7 Å². The maximum absolute atomic E-state index is 12.3. The number of hydrogen-bond acceptors (Lipinski definition) is 6. The van der Waals surface area contributed by atoms with Crippen LogP contribution < -0.4 is 16.4 Å². The monoisotopic (exact) mass is 382 g/mol. The molecule has 4 N–H and O–H groups in total. The van der Waals surface area contributed by atoms with Gasteiger partial charge in [-0.25, -0.2) is 0 Å². The molecule has 0 radical (unpaired) electrons. The third-order valence-corrected chi connectivity index (χ3v) is 3.83. The standard InChI is InChI=1S/C18H14N4O4S/c19-13-3-1-2-4-14(13)20-18(27)21-17(23)16-10-9-15(26-16)11-5-7-12(8-6-11)22(24)25/h1-10H,19H2,(H2,20,21,23,27). The topological polar surface area (TPSA) is 123 Å². The van der Waals surface area contributed by atoms with Gasteiger partial charge in [0.1, 0.15) is 5.76 Å². The molecule has 0 aliphatic heterocycles. The van der Waals surface area contributed by atoms with Gasteiger partial charge in [-0.3, -0.25) is 20.2 Å². The van der Waals surface area contributed by atoms with Crippen molar-refractivity contribution in [2.45, 2.75) is 0 Å². The normalized spacial score (nSPS) is 10.2. The van der Waals surface area contributed by atoms with E-state index in [1.807, 2.05) is 0 Å². The molecule has 9 heteroatoms. The number of hydrogen-bond donors (Lipinski definition) is 3. The van der Waals surface area contributed by atoms with E-state index in [0.717, 1.165) is 0 Å². The Morgan fingerprint density at radius 1 is 1.07 bits per heavy atom. The first-order valence-electron chi connectivity index (χ1n) is 7.75. The number of carbonyl (C=O) groups is 1. The number of nitrogen functional groups attached to an aromatic ring is 1. The smallest absolute Gasteiger partial charge is 0.293 e. The number of amides is 1. The third kappa shape index (κ3) is 4.28. The molecule has 3 rings (SSSR count). The van der Waals surface area contributed by atoms with Gasteiger partial charge in [-0.15, -0.1) is 0 Å². The Hall–Kier alpha value is -3.72. The minimum absolute atomic E-state index is 0.0279. The zero-order valence-electron chi connectivity index (χ0n) is 13.8. The Morgan fingerprint density at radius 3 is 2.44 bits per heavy atom. The molecule has 136 valence electrons. The molecule has 0 bridgehead atoms. The summed E-state index contributed by atoms with van der Waals surface area (Å²) in [5.41, 5.74) is 7.46. The van der Waals surface area contributed by atoms with Crippen LogP contribution in [0.3, 0.4) is 0 Å². The molecule has 0 atom stereocenters. The maximum atomic E-state index is 12.3. The second-order valence-electron chi connectivity index (χ2n) is 5.46. The molecule has 0 saturated carbocycles. The summed E-state index contributed by atoms with van der Waals surface area (Å²) < 4.78 is 5.51. The summed E-state index contributed by atoms with van der Waals surface area (Å²) in [5.74, 6) is -0.0788. The summed E-state index contributed by atoms with van der Waals surface area (Å²) in [5, 5.41) is 16.1. The van der Waals surface area contributed by atoms with E-state index in [4.69, 9.17) is 22.4 Å². The number of nitro benzene ring substituents is 1. The number of nitrogens with zero attached hydrogens (tertiary/aromatic N) is 1. The molecule has 0 spiro atoms. The average molecular weight is 382 g/mol. The number of non-ortho nitro benzene ring substituents is 1. The van der Waals surface area contributed by atoms with Crippen LogP contribution in [-0.2, 0) is 0 Å². The van der Waals surface area contributed by atoms with Gasteiger partial charge in [-0.2, -0.15) is 0 Å². The zero-order valence-corrected chi connectivity index (χ0v) is 14.7. The molecule has 8 nitrogen and oxygen atoms in total. The lowest BCUT2D eigenvalue weighted by atomic mass is 10.1. The van der Waals surface area contributed by atoms with E-state index in [1.165, 1.54) is 18.2 Å². The second-order valence-corrected chi connectivity index (χ2v) is 5.87. The molecule has 1 aromatic heterocycles. The zero-order chi connectivity index (χ0) is 19.4. The molecule has 0 unspecified atom stereocenters. The molecule has 1 amide bonds. The predicted octanol–water partition coefficient (Wildman–Crippen LogP) is 3.56. The van der Waals surface area contributed by atoms with E-state index in [-0.39, 0.29) is 16.6 Å². The van der Waals surface area contributed by atoms with Gasteiger partial charge >= 0.3 is 0 Å². The van der Waals surface area contributed by atoms with Crippen LogP contribution >= 0.6 is 12.2 Å². The van der Waals surface area contributed by atoms with Gasteiger partial charge in [0.15, 0.2) is 10.9 Å². The first kappa shape index (κ1) is 18.1. The number of nitrogens with two attached hydrogens (primary N) is 1. The molecule has 1 heterocycles. The van der Waals surface area contributed by atoms with Crippen molar-refractivity contribution in [3.8, 4) is 11.3 Å². The van der Waals surface area contributed by atoms with Gasteiger partial charge in [0.05, 0.1) is 16.3 Å². The van der Waals surface area contributed by atoms with Gasteiger partial charge in [-0.05, 0) is 48.6 Å². The van der Waals surface area contributed by atoms with Crippen molar-refractivity contribution in [3.05, 3.63) is 76.5 Å². The Balaban J connectivity index is 1.67. The molecular formula is C18H14N4O4S. The van der Waals surface area contributed by atoms with Gasteiger partial charge in [0, 0.05) is 17.7 Å². The van der Waals surface area contributed by atoms with E-state index >= 15 is 0 Å². The lowest BCUT2D eigenvalue weighted by Crippen LogP contribution is -2.34. The molecule has 27 heavy (non-hydrogen) atoms. The lowest BCUT2D eigenvalue weighted by molar-refractivity contribution is -0.384. The highest BCUT2D eigenvalue weighted by molar-refractivity contribution is 7.80. The van der Waals surface area contributed by atoms with E-state index in [2.05, 4.69) is 10.6 Å². The van der Waals surface area contributed by atoms with Crippen molar-refractivity contribution >= 4 is 40.3 Å². The number of furan rings is 1. The number of nitrogens with one attached hydrogen (secondary N) is 2. The second kappa shape index (κ2) is 7.67. The molecule has 2 aromatic carbocycles.